The van der Waals surface area contributed by atoms with Crippen LogP contribution in [0.1, 0.15) is 22.7 Å². The Labute approximate surface area is 171 Å². The van der Waals surface area contributed by atoms with Crippen LogP contribution in [0.15, 0.2) is 54.7 Å². The highest BCUT2D eigenvalue weighted by atomic mass is 16.5. The zero-order valence-corrected chi connectivity index (χ0v) is 17.0. The number of rotatable bonds is 5. The largest absolute Gasteiger partial charge is 0.508 e. The van der Waals surface area contributed by atoms with E-state index in [1.54, 1.807) is 19.2 Å². The molecule has 0 spiro atoms. The van der Waals surface area contributed by atoms with Gasteiger partial charge in [-0.15, -0.1) is 0 Å². The van der Waals surface area contributed by atoms with Gasteiger partial charge in [-0.3, -0.25) is 0 Å². The maximum atomic E-state index is 9.64. The standard InChI is InChI=1S/C23H26N4O2/c1-26(2)23-24-12-10-22(25-23)27-13-11-17-15-19(29-3)8-9-20(17)21(27)14-16-4-6-18(28)7-5-16/h4-10,12,15,21,28H,11,13-14H2,1-3H3. The number of hydrogen-bond donors (Lipinski definition) is 1. The number of phenolic OH excluding ortho intramolecular Hbond substituents is 1. The SMILES string of the molecule is COc1ccc2c(c1)CCN(c1ccnc(N(C)C)n1)C2Cc1ccc(O)cc1. The first-order chi connectivity index (χ1) is 14.0. The fourth-order valence-electron chi connectivity index (χ4n) is 3.88. The number of methoxy groups -OCH3 is 1. The van der Waals surface area contributed by atoms with E-state index in [-0.39, 0.29) is 11.8 Å². The topological polar surface area (TPSA) is 61.7 Å². The zero-order valence-electron chi connectivity index (χ0n) is 17.0. The van der Waals surface area contributed by atoms with Gasteiger partial charge in [0.2, 0.25) is 5.95 Å². The summed E-state index contributed by atoms with van der Waals surface area (Å²) in [5.41, 5.74) is 3.77. The average molecular weight is 390 g/mol. The molecule has 0 saturated carbocycles. The van der Waals surface area contributed by atoms with E-state index in [9.17, 15) is 5.11 Å². The summed E-state index contributed by atoms with van der Waals surface area (Å²) in [4.78, 5) is 13.4. The number of phenols is 1. The van der Waals surface area contributed by atoms with E-state index in [0.29, 0.717) is 5.95 Å². The molecule has 4 rings (SSSR count). The van der Waals surface area contributed by atoms with E-state index >= 15 is 0 Å². The van der Waals surface area contributed by atoms with Crippen molar-refractivity contribution in [3.8, 4) is 11.5 Å². The highest BCUT2D eigenvalue weighted by Gasteiger charge is 2.29. The predicted molar refractivity (Wildman–Crippen MR) is 115 cm³/mol. The molecule has 2 aromatic carbocycles. The molecular formula is C23H26N4O2. The molecule has 0 saturated heterocycles. The molecule has 0 bridgehead atoms. The lowest BCUT2D eigenvalue weighted by Gasteiger charge is -2.38. The van der Waals surface area contributed by atoms with E-state index in [1.165, 1.54) is 16.7 Å². The van der Waals surface area contributed by atoms with Crippen LogP contribution in [0.3, 0.4) is 0 Å². The minimum Gasteiger partial charge on any atom is -0.508 e. The van der Waals surface area contributed by atoms with E-state index in [1.807, 2.05) is 49.5 Å². The molecule has 29 heavy (non-hydrogen) atoms. The predicted octanol–water partition coefficient (Wildman–Crippen LogP) is 3.60. The van der Waals surface area contributed by atoms with Gasteiger partial charge in [0.05, 0.1) is 13.2 Å². The molecule has 2 heterocycles. The molecule has 3 aromatic rings. The van der Waals surface area contributed by atoms with Crippen LogP contribution < -0.4 is 14.5 Å². The molecule has 1 aromatic heterocycles. The van der Waals surface area contributed by atoms with Crippen molar-refractivity contribution >= 4 is 11.8 Å². The minimum absolute atomic E-state index is 0.138. The Balaban J connectivity index is 1.75. The van der Waals surface area contributed by atoms with E-state index < -0.39 is 0 Å². The average Bonchev–Trinajstić information content (AvgIpc) is 2.75. The fourth-order valence-corrected chi connectivity index (χ4v) is 3.88. The van der Waals surface area contributed by atoms with Gasteiger partial charge in [0, 0.05) is 26.8 Å². The molecule has 0 aliphatic carbocycles. The molecule has 1 N–H and O–H groups in total. The van der Waals surface area contributed by atoms with Crippen molar-refractivity contribution in [2.75, 3.05) is 37.5 Å². The first-order valence-electron chi connectivity index (χ1n) is 9.77. The zero-order chi connectivity index (χ0) is 20.4. The van der Waals surface area contributed by atoms with Crippen molar-refractivity contribution in [1.82, 2.24) is 9.97 Å². The van der Waals surface area contributed by atoms with Crippen LogP contribution in [0.5, 0.6) is 11.5 Å². The summed E-state index contributed by atoms with van der Waals surface area (Å²) in [7, 11) is 5.60. The number of aromatic nitrogens is 2. The van der Waals surface area contributed by atoms with Crippen LogP contribution in [-0.2, 0) is 12.8 Å². The van der Waals surface area contributed by atoms with Gasteiger partial charge in [-0.2, -0.15) is 4.98 Å². The van der Waals surface area contributed by atoms with E-state index in [2.05, 4.69) is 22.0 Å². The molecule has 0 amide bonds. The highest BCUT2D eigenvalue weighted by Crippen LogP contribution is 2.37. The number of ether oxygens (including phenoxy) is 1. The summed E-state index contributed by atoms with van der Waals surface area (Å²) in [5, 5.41) is 9.64. The third-order valence-electron chi connectivity index (χ3n) is 5.40. The Bertz CT molecular complexity index is 988. The van der Waals surface area contributed by atoms with Gasteiger partial charge in [-0.1, -0.05) is 18.2 Å². The minimum atomic E-state index is 0.138. The number of aromatic hydroxyl groups is 1. The van der Waals surface area contributed by atoms with Crippen molar-refractivity contribution in [2.45, 2.75) is 18.9 Å². The molecule has 6 heteroatoms. The first-order valence-corrected chi connectivity index (χ1v) is 9.77. The maximum absolute atomic E-state index is 9.64. The number of hydrogen-bond acceptors (Lipinski definition) is 6. The summed E-state index contributed by atoms with van der Waals surface area (Å²) >= 11 is 0. The molecule has 1 atom stereocenters. The molecule has 1 unspecified atom stereocenters. The Morgan fingerprint density at radius 2 is 1.93 bits per heavy atom. The third kappa shape index (κ3) is 3.97. The molecule has 1 aliphatic heterocycles. The molecule has 1 aliphatic rings. The maximum Gasteiger partial charge on any atom is 0.226 e. The van der Waals surface area contributed by atoms with E-state index in [0.717, 1.165) is 31.0 Å². The van der Waals surface area contributed by atoms with Gasteiger partial charge in [-0.25, -0.2) is 4.98 Å². The summed E-state index contributed by atoms with van der Waals surface area (Å²) in [6.07, 6.45) is 3.57. The van der Waals surface area contributed by atoms with Gasteiger partial charge in [-0.05, 0) is 59.9 Å². The smallest absolute Gasteiger partial charge is 0.226 e. The fraction of sp³-hybridized carbons (Fsp3) is 0.304. The van der Waals surface area contributed by atoms with Crippen LogP contribution >= 0.6 is 0 Å². The van der Waals surface area contributed by atoms with Crippen molar-refractivity contribution in [2.24, 2.45) is 0 Å². The van der Waals surface area contributed by atoms with Crippen molar-refractivity contribution in [1.29, 1.82) is 0 Å². The summed E-state index contributed by atoms with van der Waals surface area (Å²) in [5.74, 6) is 2.80. The van der Waals surface area contributed by atoms with Crippen molar-refractivity contribution in [3.63, 3.8) is 0 Å². The van der Waals surface area contributed by atoms with Gasteiger partial charge in [0.1, 0.15) is 17.3 Å². The number of anilines is 2. The van der Waals surface area contributed by atoms with Crippen LogP contribution in [0.4, 0.5) is 11.8 Å². The molecular weight excluding hydrogens is 364 g/mol. The molecule has 150 valence electrons. The van der Waals surface area contributed by atoms with Crippen molar-refractivity contribution in [3.05, 3.63) is 71.4 Å². The summed E-state index contributed by atoms with van der Waals surface area (Å²) in [6, 6.07) is 15.9. The van der Waals surface area contributed by atoms with Crippen LogP contribution in [0, 0.1) is 0 Å². The number of benzene rings is 2. The monoisotopic (exact) mass is 390 g/mol. The Hall–Kier alpha value is -3.28. The summed E-state index contributed by atoms with van der Waals surface area (Å²) in [6.45, 7) is 0.868. The van der Waals surface area contributed by atoms with E-state index in [4.69, 9.17) is 9.72 Å². The van der Waals surface area contributed by atoms with Gasteiger partial charge in [0.15, 0.2) is 0 Å². The summed E-state index contributed by atoms with van der Waals surface area (Å²) < 4.78 is 5.43. The van der Waals surface area contributed by atoms with Gasteiger partial charge in [0.25, 0.3) is 0 Å². The number of fused-ring (bicyclic) bond motifs is 1. The third-order valence-corrected chi connectivity index (χ3v) is 5.40. The van der Waals surface area contributed by atoms with Crippen LogP contribution in [0.25, 0.3) is 0 Å². The second-order valence-electron chi connectivity index (χ2n) is 7.50. The lowest BCUT2D eigenvalue weighted by molar-refractivity contribution is 0.413. The Kier molecular flexibility index (Phi) is 5.25. The highest BCUT2D eigenvalue weighted by molar-refractivity contribution is 5.51. The van der Waals surface area contributed by atoms with Gasteiger partial charge >= 0.3 is 0 Å². The normalized spacial score (nSPS) is 15.7. The van der Waals surface area contributed by atoms with Crippen molar-refractivity contribution < 1.29 is 9.84 Å². The second-order valence-corrected chi connectivity index (χ2v) is 7.50. The Morgan fingerprint density at radius 3 is 2.66 bits per heavy atom. The molecule has 0 fully saturated rings. The quantitative estimate of drug-likeness (QED) is 0.718. The number of nitrogens with zero attached hydrogens (tertiary/aromatic N) is 4. The second kappa shape index (κ2) is 7.99. The first kappa shape index (κ1) is 19.1. The molecule has 0 radical (unpaired) electrons. The van der Waals surface area contributed by atoms with Crippen LogP contribution in [0.2, 0.25) is 0 Å². The van der Waals surface area contributed by atoms with Gasteiger partial charge < -0.3 is 19.6 Å². The lowest BCUT2D eigenvalue weighted by Crippen LogP contribution is -2.37. The Morgan fingerprint density at radius 1 is 1.14 bits per heavy atom. The molecule has 6 nitrogen and oxygen atoms in total. The lowest BCUT2D eigenvalue weighted by atomic mass is 9.88. The van der Waals surface area contributed by atoms with Crippen LogP contribution in [-0.4, -0.2) is 42.8 Å².